The van der Waals surface area contributed by atoms with Crippen LogP contribution in [0.25, 0.3) is 0 Å². The van der Waals surface area contributed by atoms with Gasteiger partial charge in [-0.1, -0.05) is 13.8 Å². The third-order valence-electron chi connectivity index (χ3n) is 2.13. The third-order valence-corrected chi connectivity index (χ3v) is 2.60. The van der Waals surface area contributed by atoms with Crippen LogP contribution in [0, 0.1) is 0 Å². The van der Waals surface area contributed by atoms with Crippen LogP contribution < -0.4 is 10.6 Å². The Kier molecular flexibility index (Phi) is 6.15. The van der Waals surface area contributed by atoms with Gasteiger partial charge in [-0.05, 0) is 41.0 Å². The number of nitrogens with one attached hydrogen (secondary N) is 2. The largest absolute Gasteiger partial charge is 0.315 e. The molecule has 0 radical (unpaired) electrons. The number of hydrogen-bond acceptors (Lipinski definition) is 3. The first-order valence-electron chi connectivity index (χ1n) is 5.72. The van der Waals surface area contributed by atoms with Crippen molar-refractivity contribution < 1.29 is 4.79 Å². The summed E-state index contributed by atoms with van der Waals surface area (Å²) in [7, 11) is 0. The first-order valence-corrected chi connectivity index (χ1v) is 6.52. The monoisotopic (exact) mass is 299 g/mol. The second kappa shape index (κ2) is 7.40. The van der Waals surface area contributed by atoms with Crippen molar-refractivity contribution in [2.24, 2.45) is 0 Å². The second-order valence-corrected chi connectivity index (χ2v) is 5.04. The molecule has 1 heterocycles. The first-order chi connectivity index (χ1) is 8.08. The number of hydrogen-bond donors (Lipinski definition) is 2. The zero-order valence-electron chi connectivity index (χ0n) is 10.2. The number of amides is 1. The van der Waals surface area contributed by atoms with E-state index in [1.807, 2.05) is 6.07 Å². The fourth-order valence-electron chi connectivity index (χ4n) is 1.29. The van der Waals surface area contributed by atoms with Crippen molar-refractivity contribution in [1.29, 1.82) is 0 Å². The minimum absolute atomic E-state index is 0.00498. The SMILES string of the molecule is CC(C)NCCCC(=O)Nc1ccc(Br)cn1. The van der Waals surface area contributed by atoms with Crippen LogP contribution in [0.3, 0.4) is 0 Å². The van der Waals surface area contributed by atoms with Gasteiger partial charge in [-0.25, -0.2) is 4.98 Å². The summed E-state index contributed by atoms with van der Waals surface area (Å²) in [5.74, 6) is 0.598. The molecule has 0 saturated carbocycles. The van der Waals surface area contributed by atoms with E-state index in [2.05, 4.69) is 45.4 Å². The predicted octanol–water partition coefficient (Wildman–Crippen LogP) is 2.56. The molecule has 0 saturated heterocycles. The van der Waals surface area contributed by atoms with Gasteiger partial charge in [0.25, 0.3) is 0 Å². The highest BCUT2D eigenvalue weighted by atomic mass is 79.9. The molecule has 17 heavy (non-hydrogen) atoms. The smallest absolute Gasteiger partial charge is 0.225 e. The molecule has 0 fully saturated rings. The van der Waals surface area contributed by atoms with Crippen molar-refractivity contribution in [2.45, 2.75) is 32.7 Å². The van der Waals surface area contributed by atoms with Gasteiger partial charge in [0.1, 0.15) is 5.82 Å². The lowest BCUT2D eigenvalue weighted by molar-refractivity contribution is -0.116. The molecule has 1 amide bonds. The Bertz CT molecular complexity index is 351. The van der Waals surface area contributed by atoms with Gasteiger partial charge in [0.15, 0.2) is 0 Å². The minimum Gasteiger partial charge on any atom is -0.315 e. The summed E-state index contributed by atoms with van der Waals surface area (Å²) >= 11 is 3.29. The van der Waals surface area contributed by atoms with E-state index in [-0.39, 0.29) is 5.91 Å². The quantitative estimate of drug-likeness (QED) is 0.794. The molecule has 0 unspecified atom stereocenters. The fourth-order valence-corrected chi connectivity index (χ4v) is 1.53. The van der Waals surface area contributed by atoms with Crippen LogP contribution in [0.2, 0.25) is 0 Å². The maximum atomic E-state index is 11.6. The van der Waals surface area contributed by atoms with E-state index in [1.165, 1.54) is 0 Å². The molecule has 0 atom stereocenters. The molecule has 4 nitrogen and oxygen atoms in total. The molecule has 2 N–H and O–H groups in total. The maximum absolute atomic E-state index is 11.6. The van der Waals surface area contributed by atoms with Crippen LogP contribution in [0.4, 0.5) is 5.82 Å². The number of rotatable bonds is 6. The molecule has 5 heteroatoms. The molecular weight excluding hydrogens is 282 g/mol. The predicted molar refractivity (Wildman–Crippen MR) is 72.9 cm³/mol. The highest BCUT2D eigenvalue weighted by Gasteiger charge is 2.03. The van der Waals surface area contributed by atoms with E-state index in [0.29, 0.717) is 18.3 Å². The number of carbonyl (C=O) groups excluding carboxylic acids is 1. The number of anilines is 1. The summed E-state index contributed by atoms with van der Waals surface area (Å²) in [6, 6.07) is 4.09. The Morgan fingerprint density at radius 1 is 1.47 bits per heavy atom. The van der Waals surface area contributed by atoms with Crippen molar-refractivity contribution >= 4 is 27.7 Å². The lowest BCUT2D eigenvalue weighted by Gasteiger charge is -2.07. The Labute approximate surface area is 110 Å². The molecule has 0 aromatic carbocycles. The van der Waals surface area contributed by atoms with E-state index < -0.39 is 0 Å². The summed E-state index contributed by atoms with van der Waals surface area (Å²) in [5.41, 5.74) is 0. The van der Waals surface area contributed by atoms with Gasteiger partial charge in [-0.2, -0.15) is 0 Å². The number of pyridine rings is 1. The Hall–Kier alpha value is -0.940. The molecule has 94 valence electrons. The maximum Gasteiger partial charge on any atom is 0.225 e. The van der Waals surface area contributed by atoms with Gasteiger partial charge in [-0.15, -0.1) is 0 Å². The second-order valence-electron chi connectivity index (χ2n) is 4.12. The number of halogens is 1. The van der Waals surface area contributed by atoms with Crippen molar-refractivity contribution in [3.05, 3.63) is 22.8 Å². The standard InChI is InChI=1S/C12H18BrN3O/c1-9(2)14-7-3-4-12(17)16-11-6-5-10(13)8-15-11/h5-6,8-9,14H,3-4,7H2,1-2H3,(H,15,16,17). The topological polar surface area (TPSA) is 54.0 Å². The molecule has 1 rings (SSSR count). The molecule has 0 spiro atoms. The normalized spacial score (nSPS) is 10.6. The van der Waals surface area contributed by atoms with Crippen molar-refractivity contribution in [1.82, 2.24) is 10.3 Å². The van der Waals surface area contributed by atoms with E-state index in [9.17, 15) is 4.79 Å². The highest BCUT2D eigenvalue weighted by Crippen LogP contribution is 2.10. The Balaban J connectivity index is 2.23. The summed E-state index contributed by atoms with van der Waals surface area (Å²) in [5, 5.41) is 6.03. The van der Waals surface area contributed by atoms with Crippen LogP contribution in [0.15, 0.2) is 22.8 Å². The van der Waals surface area contributed by atoms with Crippen molar-refractivity contribution in [3.63, 3.8) is 0 Å². The molecule has 1 aromatic rings. The Morgan fingerprint density at radius 2 is 2.24 bits per heavy atom. The van der Waals surface area contributed by atoms with Crippen LogP contribution in [-0.2, 0) is 4.79 Å². The summed E-state index contributed by atoms with van der Waals surface area (Å²) in [6.45, 7) is 5.04. The zero-order valence-corrected chi connectivity index (χ0v) is 11.8. The summed E-state index contributed by atoms with van der Waals surface area (Å²) in [6.07, 6.45) is 3.01. The van der Waals surface area contributed by atoms with Gasteiger partial charge < -0.3 is 10.6 Å². The van der Waals surface area contributed by atoms with Crippen molar-refractivity contribution in [2.75, 3.05) is 11.9 Å². The average Bonchev–Trinajstić information content (AvgIpc) is 2.27. The zero-order chi connectivity index (χ0) is 12.7. The van der Waals surface area contributed by atoms with Crippen LogP contribution in [0.5, 0.6) is 0 Å². The molecule has 0 aliphatic heterocycles. The third kappa shape index (κ3) is 6.38. The van der Waals surface area contributed by atoms with E-state index in [0.717, 1.165) is 17.4 Å². The highest BCUT2D eigenvalue weighted by molar-refractivity contribution is 9.10. The molecule has 0 aliphatic rings. The van der Waals surface area contributed by atoms with E-state index in [1.54, 1.807) is 12.3 Å². The Morgan fingerprint density at radius 3 is 2.82 bits per heavy atom. The lowest BCUT2D eigenvalue weighted by atomic mass is 10.2. The van der Waals surface area contributed by atoms with E-state index in [4.69, 9.17) is 0 Å². The van der Waals surface area contributed by atoms with Gasteiger partial charge >= 0.3 is 0 Å². The number of nitrogens with zero attached hydrogens (tertiary/aromatic N) is 1. The van der Waals surface area contributed by atoms with Crippen LogP contribution in [0.1, 0.15) is 26.7 Å². The van der Waals surface area contributed by atoms with Gasteiger partial charge in [0.2, 0.25) is 5.91 Å². The first kappa shape index (κ1) is 14.1. The fraction of sp³-hybridized carbons (Fsp3) is 0.500. The summed E-state index contributed by atoms with van der Waals surface area (Å²) < 4.78 is 0.900. The van der Waals surface area contributed by atoms with Crippen LogP contribution >= 0.6 is 15.9 Å². The molecule has 0 aliphatic carbocycles. The molecule has 1 aromatic heterocycles. The number of aromatic nitrogens is 1. The minimum atomic E-state index is 0.00498. The van der Waals surface area contributed by atoms with E-state index >= 15 is 0 Å². The van der Waals surface area contributed by atoms with Gasteiger partial charge in [0, 0.05) is 23.1 Å². The summed E-state index contributed by atoms with van der Waals surface area (Å²) in [4.78, 5) is 15.6. The van der Waals surface area contributed by atoms with Gasteiger partial charge in [0.05, 0.1) is 0 Å². The molecule has 0 bridgehead atoms. The van der Waals surface area contributed by atoms with Gasteiger partial charge in [-0.3, -0.25) is 4.79 Å². The average molecular weight is 300 g/mol. The van der Waals surface area contributed by atoms with Crippen LogP contribution in [-0.4, -0.2) is 23.5 Å². The lowest BCUT2D eigenvalue weighted by Crippen LogP contribution is -2.24. The number of carbonyl (C=O) groups is 1. The molecular formula is C12H18BrN3O. The van der Waals surface area contributed by atoms with Crippen molar-refractivity contribution in [3.8, 4) is 0 Å².